The van der Waals surface area contributed by atoms with Crippen LogP contribution in [-0.4, -0.2) is 54.1 Å². The van der Waals surface area contributed by atoms with Gasteiger partial charge in [0, 0.05) is 13.6 Å². The molecule has 0 unspecified atom stereocenters. The Morgan fingerprint density at radius 1 is 1.14 bits per heavy atom. The quantitative estimate of drug-likeness (QED) is 0.175. The lowest BCUT2D eigenvalue weighted by Crippen LogP contribution is -2.28. The van der Waals surface area contributed by atoms with E-state index in [1.165, 1.54) is 39.5 Å². The van der Waals surface area contributed by atoms with Crippen LogP contribution in [0.3, 0.4) is 0 Å². The zero-order valence-corrected chi connectivity index (χ0v) is 20.8. The van der Waals surface area contributed by atoms with Crippen molar-refractivity contribution < 1.29 is 19.1 Å². The van der Waals surface area contributed by atoms with Gasteiger partial charge in [0.15, 0.2) is 5.84 Å². The standard InChI is InChI=1S/C16H21N7O2.C8H14O2/c1-10-20-13(15(17)22-23(2)18)8-14(21-10)16(24)19-9-11-5-4-6-12(7-11)25-3;1-10-8(9)7-5-3-2-4-6-7/h4-8H,9,18H2,1-3H3,(H2,17,22)(H,19,24);7H,2-6H2,1H3. The van der Waals surface area contributed by atoms with E-state index in [1.807, 2.05) is 24.3 Å². The minimum atomic E-state index is -0.344. The van der Waals surface area contributed by atoms with Gasteiger partial charge in [0.2, 0.25) is 0 Å². The molecule has 0 bridgehead atoms. The van der Waals surface area contributed by atoms with Gasteiger partial charge in [-0.05, 0) is 43.5 Å². The molecular formula is C24H35N7O4. The van der Waals surface area contributed by atoms with E-state index in [0.717, 1.165) is 29.3 Å². The van der Waals surface area contributed by atoms with Gasteiger partial charge in [-0.15, -0.1) is 5.10 Å². The van der Waals surface area contributed by atoms with Crippen LogP contribution < -0.4 is 21.6 Å². The first-order valence-corrected chi connectivity index (χ1v) is 11.4. The summed E-state index contributed by atoms with van der Waals surface area (Å²) in [6.45, 7) is 2.01. The Labute approximate surface area is 205 Å². The number of amides is 1. The maximum Gasteiger partial charge on any atom is 0.308 e. The highest BCUT2D eigenvalue weighted by Gasteiger charge is 2.21. The molecule has 11 nitrogen and oxygen atoms in total. The second-order valence-electron chi connectivity index (χ2n) is 8.14. The smallest absolute Gasteiger partial charge is 0.308 e. The molecule has 1 aromatic carbocycles. The van der Waals surface area contributed by atoms with Crippen molar-refractivity contribution in [3.63, 3.8) is 0 Å². The highest BCUT2D eigenvalue weighted by molar-refractivity contribution is 5.99. The van der Waals surface area contributed by atoms with Crippen molar-refractivity contribution in [1.82, 2.24) is 20.4 Å². The number of nitrogens with zero attached hydrogens (tertiary/aromatic N) is 4. The molecule has 190 valence electrons. The van der Waals surface area contributed by atoms with E-state index in [0.29, 0.717) is 18.1 Å². The van der Waals surface area contributed by atoms with Gasteiger partial charge >= 0.3 is 5.97 Å². The minimum Gasteiger partial charge on any atom is -0.497 e. The van der Waals surface area contributed by atoms with Crippen molar-refractivity contribution >= 4 is 17.7 Å². The average Bonchev–Trinajstić information content (AvgIpc) is 2.87. The molecule has 0 aliphatic heterocycles. The number of carbonyl (C=O) groups excluding carboxylic acids is 2. The first kappa shape index (κ1) is 27.5. The number of hydrazone groups is 1. The second kappa shape index (κ2) is 13.9. The van der Waals surface area contributed by atoms with Crippen LogP contribution in [0.15, 0.2) is 35.4 Å². The Balaban J connectivity index is 0.000000360. The molecule has 0 saturated heterocycles. The van der Waals surface area contributed by atoms with Gasteiger partial charge < -0.3 is 20.5 Å². The van der Waals surface area contributed by atoms with Crippen molar-refractivity contribution in [2.24, 2.45) is 22.6 Å². The largest absolute Gasteiger partial charge is 0.497 e. The number of hydrogen-bond acceptors (Lipinski definition) is 9. The van der Waals surface area contributed by atoms with Gasteiger partial charge in [-0.3, -0.25) is 9.59 Å². The lowest BCUT2D eigenvalue weighted by atomic mass is 9.89. The molecule has 1 amide bonds. The summed E-state index contributed by atoms with van der Waals surface area (Å²) in [5.41, 5.74) is 7.26. The van der Waals surface area contributed by atoms with Crippen LogP contribution in [0, 0.1) is 12.8 Å². The number of rotatable bonds is 7. The second-order valence-corrected chi connectivity index (χ2v) is 8.14. The first-order chi connectivity index (χ1) is 16.7. The van der Waals surface area contributed by atoms with Crippen LogP contribution >= 0.6 is 0 Å². The van der Waals surface area contributed by atoms with E-state index in [9.17, 15) is 9.59 Å². The molecule has 1 fully saturated rings. The number of aryl methyl sites for hydroxylation is 1. The molecule has 0 radical (unpaired) electrons. The summed E-state index contributed by atoms with van der Waals surface area (Å²) >= 11 is 0. The number of aromatic nitrogens is 2. The molecule has 0 spiro atoms. The van der Waals surface area contributed by atoms with Crippen LogP contribution in [0.5, 0.6) is 5.75 Å². The number of benzene rings is 1. The van der Waals surface area contributed by atoms with Gasteiger partial charge in [-0.1, -0.05) is 31.4 Å². The van der Waals surface area contributed by atoms with Crippen LogP contribution in [0.25, 0.3) is 0 Å². The molecule has 1 aliphatic carbocycles. The molecule has 3 rings (SSSR count). The third-order valence-electron chi connectivity index (χ3n) is 5.33. The SMILES string of the molecule is COC(=O)C1CCCCC1.COc1cccc(CNC(=O)c2cc(/C(N)=N/N(C)N)nc(C)n2)c1. The number of hydrazine groups is 1. The van der Waals surface area contributed by atoms with Gasteiger partial charge in [-0.25, -0.2) is 20.9 Å². The van der Waals surface area contributed by atoms with Crippen molar-refractivity contribution in [2.75, 3.05) is 21.3 Å². The zero-order valence-electron chi connectivity index (χ0n) is 20.8. The molecule has 1 saturated carbocycles. The molecule has 5 N–H and O–H groups in total. The lowest BCUT2D eigenvalue weighted by Gasteiger charge is -2.18. The van der Waals surface area contributed by atoms with Crippen LogP contribution in [0.4, 0.5) is 0 Å². The fourth-order valence-electron chi connectivity index (χ4n) is 3.60. The fourth-order valence-corrected chi connectivity index (χ4v) is 3.60. The van der Waals surface area contributed by atoms with Gasteiger partial charge in [0.25, 0.3) is 5.91 Å². The molecule has 11 heteroatoms. The molecular weight excluding hydrogens is 450 g/mol. The first-order valence-electron chi connectivity index (χ1n) is 11.4. The summed E-state index contributed by atoms with van der Waals surface area (Å²) in [4.78, 5) is 31.6. The van der Waals surface area contributed by atoms with E-state index in [4.69, 9.17) is 16.3 Å². The predicted molar refractivity (Wildman–Crippen MR) is 132 cm³/mol. The Hall–Kier alpha value is -3.73. The van der Waals surface area contributed by atoms with E-state index >= 15 is 0 Å². The number of amidine groups is 1. The van der Waals surface area contributed by atoms with Crippen LogP contribution in [-0.2, 0) is 16.1 Å². The summed E-state index contributed by atoms with van der Waals surface area (Å²) in [6, 6.07) is 8.89. The number of nitrogens with two attached hydrogens (primary N) is 2. The number of methoxy groups -OCH3 is 2. The van der Waals surface area contributed by atoms with Gasteiger partial charge in [-0.2, -0.15) is 0 Å². The summed E-state index contributed by atoms with van der Waals surface area (Å²) in [7, 11) is 4.59. The summed E-state index contributed by atoms with van der Waals surface area (Å²) in [5, 5.41) is 7.74. The van der Waals surface area contributed by atoms with Crippen molar-refractivity contribution in [3.8, 4) is 5.75 Å². The van der Waals surface area contributed by atoms with Crippen molar-refractivity contribution in [2.45, 2.75) is 45.6 Å². The highest BCUT2D eigenvalue weighted by atomic mass is 16.5. The van der Waals surface area contributed by atoms with Crippen molar-refractivity contribution in [3.05, 3.63) is 53.1 Å². The average molecular weight is 486 g/mol. The molecule has 1 aromatic heterocycles. The summed E-state index contributed by atoms with van der Waals surface area (Å²) < 4.78 is 9.81. The normalized spacial score (nSPS) is 13.8. The van der Waals surface area contributed by atoms with Gasteiger partial charge in [0.1, 0.15) is 23.0 Å². The molecule has 0 atom stereocenters. The summed E-state index contributed by atoms with van der Waals surface area (Å²) in [6.07, 6.45) is 5.74. The number of carbonyl (C=O) groups is 2. The Kier molecular flexibility index (Phi) is 10.9. The highest BCUT2D eigenvalue weighted by Crippen LogP contribution is 2.24. The number of esters is 1. The van der Waals surface area contributed by atoms with E-state index in [-0.39, 0.29) is 29.3 Å². The fraction of sp³-hybridized carbons (Fsp3) is 0.458. The van der Waals surface area contributed by atoms with Crippen LogP contribution in [0.1, 0.15) is 59.7 Å². The van der Waals surface area contributed by atoms with Crippen molar-refractivity contribution in [1.29, 1.82) is 0 Å². The molecule has 35 heavy (non-hydrogen) atoms. The maximum atomic E-state index is 12.4. The molecule has 1 aliphatic rings. The van der Waals surface area contributed by atoms with Crippen LogP contribution in [0.2, 0.25) is 0 Å². The maximum absolute atomic E-state index is 12.4. The Morgan fingerprint density at radius 2 is 1.83 bits per heavy atom. The number of nitrogens with one attached hydrogen (secondary N) is 1. The van der Waals surface area contributed by atoms with E-state index in [1.54, 1.807) is 14.0 Å². The predicted octanol–water partition coefficient (Wildman–Crippen LogP) is 1.89. The van der Waals surface area contributed by atoms with E-state index in [2.05, 4.69) is 25.1 Å². The Bertz CT molecular complexity index is 1020. The van der Waals surface area contributed by atoms with E-state index < -0.39 is 0 Å². The Morgan fingerprint density at radius 3 is 2.46 bits per heavy atom. The zero-order chi connectivity index (χ0) is 25.8. The minimum absolute atomic E-state index is 0.0142. The summed E-state index contributed by atoms with van der Waals surface area (Å²) in [5.74, 6) is 6.51. The molecule has 1 heterocycles. The topological polar surface area (TPSA) is 158 Å². The monoisotopic (exact) mass is 485 g/mol. The number of ether oxygens (including phenoxy) is 2. The third-order valence-corrected chi connectivity index (χ3v) is 5.33. The van der Waals surface area contributed by atoms with Gasteiger partial charge in [0.05, 0.1) is 20.1 Å². The molecule has 2 aromatic rings. The lowest BCUT2D eigenvalue weighted by molar-refractivity contribution is -0.146. The third kappa shape index (κ3) is 9.20. The number of hydrogen-bond donors (Lipinski definition) is 3.